The highest BCUT2D eigenvalue weighted by molar-refractivity contribution is 6.01. The maximum absolute atomic E-state index is 13.3. The van der Waals surface area contributed by atoms with Gasteiger partial charge >= 0.3 is 5.97 Å². The van der Waals surface area contributed by atoms with Gasteiger partial charge in [0, 0.05) is 13.0 Å². The molecule has 1 aliphatic rings. The Morgan fingerprint density at radius 1 is 1.47 bits per heavy atom. The Bertz CT molecular complexity index is 526. The first-order chi connectivity index (χ1) is 8.96. The number of nitrogen functional groups attached to an aromatic ring is 1. The van der Waals surface area contributed by atoms with E-state index in [1.54, 1.807) is 0 Å². The third kappa shape index (κ3) is 2.37. The molecule has 1 fully saturated rings. The van der Waals surface area contributed by atoms with Crippen LogP contribution in [0.2, 0.25) is 0 Å². The van der Waals surface area contributed by atoms with Crippen LogP contribution in [0.5, 0.6) is 0 Å². The first-order valence-electron chi connectivity index (χ1n) is 5.64. The molecule has 1 aromatic carbocycles. The fourth-order valence-electron chi connectivity index (χ4n) is 1.91. The fraction of sp³-hybridized carbons (Fsp3) is 0.333. The summed E-state index contributed by atoms with van der Waals surface area (Å²) in [5.74, 6) is -2.64. The van der Waals surface area contributed by atoms with Gasteiger partial charge in [0.05, 0.1) is 17.9 Å². The monoisotopic (exact) mass is 268 g/mol. The number of benzene rings is 1. The van der Waals surface area contributed by atoms with Crippen LogP contribution in [0, 0.1) is 5.82 Å². The number of para-hydroxylation sites is 1. The number of rotatable bonds is 3. The Labute approximate surface area is 108 Å². The van der Waals surface area contributed by atoms with Gasteiger partial charge in [0.1, 0.15) is 5.82 Å². The fourth-order valence-corrected chi connectivity index (χ4v) is 1.91. The van der Waals surface area contributed by atoms with Crippen molar-refractivity contribution in [3.05, 3.63) is 29.6 Å². The summed E-state index contributed by atoms with van der Waals surface area (Å²) in [7, 11) is 0. The molecule has 1 saturated heterocycles. The number of carbonyl (C=O) groups excluding carboxylic acids is 1. The summed E-state index contributed by atoms with van der Waals surface area (Å²) in [5.41, 5.74) is 3.59. The highest BCUT2D eigenvalue weighted by Gasteiger charge is 2.44. The summed E-state index contributed by atoms with van der Waals surface area (Å²) < 4.78 is 18.3. The summed E-state index contributed by atoms with van der Waals surface area (Å²) >= 11 is 0. The van der Waals surface area contributed by atoms with Crippen LogP contribution in [-0.4, -0.2) is 35.7 Å². The van der Waals surface area contributed by atoms with Crippen molar-refractivity contribution >= 4 is 17.6 Å². The first-order valence-corrected chi connectivity index (χ1v) is 5.64. The summed E-state index contributed by atoms with van der Waals surface area (Å²) in [6, 6.07) is 3.79. The molecule has 1 heterocycles. The van der Waals surface area contributed by atoms with Crippen molar-refractivity contribution in [2.75, 3.05) is 18.9 Å². The molecular weight excluding hydrogens is 255 g/mol. The second kappa shape index (κ2) is 4.85. The van der Waals surface area contributed by atoms with Crippen molar-refractivity contribution in [1.29, 1.82) is 0 Å². The Balaban J connectivity index is 2.25. The molecule has 4 N–H and O–H groups in total. The molecule has 1 amide bonds. The molecule has 19 heavy (non-hydrogen) atoms. The van der Waals surface area contributed by atoms with E-state index >= 15 is 0 Å². The first kappa shape index (κ1) is 13.3. The van der Waals surface area contributed by atoms with Gasteiger partial charge in [-0.05, 0) is 12.1 Å². The van der Waals surface area contributed by atoms with Crippen LogP contribution in [0.15, 0.2) is 18.2 Å². The number of ether oxygens (including phenoxy) is 1. The summed E-state index contributed by atoms with van der Waals surface area (Å²) in [4.78, 5) is 23.2. The Morgan fingerprint density at radius 2 is 2.21 bits per heavy atom. The lowest BCUT2D eigenvalue weighted by Crippen LogP contribution is -2.55. The predicted octanol–water partition coefficient (Wildman–Crippen LogP) is 0.381. The quantitative estimate of drug-likeness (QED) is 0.688. The summed E-state index contributed by atoms with van der Waals surface area (Å²) in [6.07, 6.45) is 0.156. The number of carboxylic acids is 1. The normalized spacial score (nSPS) is 22.2. The number of aliphatic carboxylic acids is 1. The van der Waals surface area contributed by atoms with Crippen molar-refractivity contribution < 1.29 is 23.8 Å². The number of carbonyl (C=O) groups is 2. The van der Waals surface area contributed by atoms with Gasteiger partial charge in [-0.3, -0.25) is 4.79 Å². The lowest BCUT2D eigenvalue weighted by molar-refractivity contribution is -0.144. The van der Waals surface area contributed by atoms with Crippen molar-refractivity contribution in [3.63, 3.8) is 0 Å². The summed E-state index contributed by atoms with van der Waals surface area (Å²) in [5, 5.41) is 11.5. The highest BCUT2D eigenvalue weighted by Crippen LogP contribution is 2.22. The minimum absolute atomic E-state index is 0.0903. The van der Waals surface area contributed by atoms with E-state index < -0.39 is 23.2 Å². The molecule has 1 aromatic rings. The Morgan fingerprint density at radius 3 is 2.79 bits per heavy atom. The second-order valence-electron chi connectivity index (χ2n) is 4.35. The van der Waals surface area contributed by atoms with Crippen LogP contribution in [0.1, 0.15) is 16.8 Å². The van der Waals surface area contributed by atoms with Gasteiger partial charge in [-0.25, -0.2) is 9.18 Å². The zero-order valence-corrected chi connectivity index (χ0v) is 9.98. The van der Waals surface area contributed by atoms with Crippen molar-refractivity contribution in [2.45, 2.75) is 12.0 Å². The van der Waals surface area contributed by atoms with Gasteiger partial charge in [0.25, 0.3) is 5.91 Å². The van der Waals surface area contributed by atoms with Crippen molar-refractivity contribution in [1.82, 2.24) is 5.32 Å². The van der Waals surface area contributed by atoms with Crippen molar-refractivity contribution in [3.8, 4) is 0 Å². The lowest BCUT2D eigenvalue weighted by atomic mass is 9.98. The van der Waals surface area contributed by atoms with E-state index in [1.807, 2.05) is 0 Å². The van der Waals surface area contributed by atoms with Crippen molar-refractivity contribution in [2.24, 2.45) is 0 Å². The SMILES string of the molecule is Nc1c(F)cccc1C(=O)NC1(C(=O)O)CCOC1. The third-order valence-electron chi connectivity index (χ3n) is 3.08. The zero-order valence-electron chi connectivity index (χ0n) is 9.98. The summed E-state index contributed by atoms with van der Waals surface area (Å²) in [6.45, 7) is 0.120. The van der Waals surface area contributed by atoms with Gasteiger partial charge in [-0.1, -0.05) is 6.07 Å². The molecule has 1 atom stereocenters. The van der Waals surface area contributed by atoms with E-state index in [0.717, 1.165) is 6.07 Å². The van der Waals surface area contributed by atoms with Crippen LogP contribution < -0.4 is 11.1 Å². The molecule has 102 valence electrons. The van der Waals surface area contributed by atoms with Crippen LogP contribution in [0.3, 0.4) is 0 Å². The van der Waals surface area contributed by atoms with Crippen LogP contribution in [0.4, 0.5) is 10.1 Å². The third-order valence-corrected chi connectivity index (χ3v) is 3.08. The molecule has 1 unspecified atom stereocenters. The van der Waals surface area contributed by atoms with Crippen LogP contribution in [-0.2, 0) is 9.53 Å². The molecule has 6 nitrogen and oxygen atoms in total. The number of anilines is 1. The average molecular weight is 268 g/mol. The molecule has 0 saturated carbocycles. The maximum Gasteiger partial charge on any atom is 0.331 e. The number of halogens is 1. The number of nitrogens with one attached hydrogen (secondary N) is 1. The predicted molar refractivity (Wildman–Crippen MR) is 64.1 cm³/mol. The van der Waals surface area contributed by atoms with Gasteiger partial charge in [-0.15, -0.1) is 0 Å². The topological polar surface area (TPSA) is 102 Å². The second-order valence-corrected chi connectivity index (χ2v) is 4.35. The van der Waals surface area contributed by atoms with Gasteiger partial charge in [0.2, 0.25) is 0 Å². The zero-order chi connectivity index (χ0) is 14.0. The van der Waals surface area contributed by atoms with E-state index in [2.05, 4.69) is 5.32 Å². The van der Waals surface area contributed by atoms with E-state index in [9.17, 15) is 19.1 Å². The molecule has 0 radical (unpaired) electrons. The number of nitrogens with two attached hydrogens (primary N) is 1. The van der Waals surface area contributed by atoms with E-state index in [4.69, 9.17) is 10.5 Å². The van der Waals surface area contributed by atoms with Crippen LogP contribution >= 0.6 is 0 Å². The number of hydrogen-bond acceptors (Lipinski definition) is 4. The largest absolute Gasteiger partial charge is 0.479 e. The minimum atomic E-state index is -1.48. The van der Waals surface area contributed by atoms with E-state index in [0.29, 0.717) is 0 Å². The molecule has 0 aliphatic carbocycles. The molecule has 1 aliphatic heterocycles. The number of carboxylic acid groups (broad SMARTS) is 1. The van der Waals surface area contributed by atoms with Crippen LogP contribution in [0.25, 0.3) is 0 Å². The number of hydrogen-bond donors (Lipinski definition) is 3. The average Bonchev–Trinajstić information content (AvgIpc) is 2.82. The standard InChI is InChI=1S/C12H13FN2O4/c13-8-3-1-2-7(9(8)14)10(16)15-12(11(17)18)4-5-19-6-12/h1-3H,4-6,14H2,(H,15,16)(H,17,18). The smallest absolute Gasteiger partial charge is 0.331 e. The minimum Gasteiger partial charge on any atom is -0.479 e. The Kier molecular flexibility index (Phi) is 3.39. The molecule has 7 heteroatoms. The molecule has 0 aromatic heterocycles. The molecular formula is C12H13FN2O4. The molecule has 2 rings (SSSR count). The Hall–Kier alpha value is -2.15. The van der Waals surface area contributed by atoms with Gasteiger partial charge < -0.3 is 20.9 Å². The highest BCUT2D eigenvalue weighted by atomic mass is 19.1. The lowest BCUT2D eigenvalue weighted by Gasteiger charge is -2.24. The van der Waals surface area contributed by atoms with E-state index in [-0.39, 0.29) is 30.9 Å². The van der Waals surface area contributed by atoms with E-state index in [1.165, 1.54) is 12.1 Å². The van der Waals surface area contributed by atoms with Gasteiger partial charge in [-0.2, -0.15) is 0 Å². The molecule has 0 spiro atoms. The number of amides is 1. The van der Waals surface area contributed by atoms with Gasteiger partial charge in [0.15, 0.2) is 5.54 Å². The molecule has 0 bridgehead atoms. The maximum atomic E-state index is 13.3.